The number of H-pyrrole nitrogens is 1. The first-order valence-corrected chi connectivity index (χ1v) is 7.94. The van der Waals surface area contributed by atoms with Crippen LogP contribution < -0.4 is 10.6 Å². The second kappa shape index (κ2) is 6.64. The van der Waals surface area contributed by atoms with E-state index in [0.29, 0.717) is 11.3 Å². The molecule has 0 radical (unpaired) electrons. The largest absolute Gasteiger partial charge is 0.387 e. The molecule has 1 unspecified atom stereocenters. The number of aromatic amines is 1. The summed E-state index contributed by atoms with van der Waals surface area (Å²) in [6.07, 6.45) is 0.976. The molecule has 1 aromatic carbocycles. The van der Waals surface area contributed by atoms with Gasteiger partial charge in [0.2, 0.25) is 0 Å². The van der Waals surface area contributed by atoms with Gasteiger partial charge in [-0.2, -0.15) is 11.3 Å². The van der Waals surface area contributed by atoms with Gasteiger partial charge in [0.25, 0.3) is 0 Å². The third kappa shape index (κ3) is 3.58. The third-order valence-electron chi connectivity index (χ3n) is 3.40. The van der Waals surface area contributed by atoms with Gasteiger partial charge in [0.05, 0.1) is 6.10 Å². The molecule has 0 saturated carbocycles. The van der Waals surface area contributed by atoms with Gasteiger partial charge in [0.1, 0.15) is 0 Å². The molecule has 0 aliphatic heterocycles. The number of benzene rings is 1. The van der Waals surface area contributed by atoms with Gasteiger partial charge in [-0.3, -0.25) is 9.59 Å². The number of fused-ring (bicyclic) bond motifs is 1. The molecule has 3 aromatic rings. The molecule has 0 bridgehead atoms. The lowest BCUT2D eigenvalue weighted by Gasteiger charge is -2.10. The lowest BCUT2D eigenvalue weighted by molar-refractivity contribution is -0.136. The minimum atomic E-state index is -0.825. The number of rotatable bonds is 4. The fraction of sp³-hybridized carbons (Fsp3) is 0.125. The quantitative estimate of drug-likeness (QED) is 0.552. The number of aliphatic hydroxyl groups excluding tert-OH is 1. The summed E-state index contributed by atoms with van der Waals surface area (Å²) in [5.74, 6) is -1.55. The van der Waals surface area contributed by atoms with Crippen LogP contribution in [0.25, 0.3) is 10.9 Å². The molecule has 2 heterocycles. The van der Waals surface area contributed by atoms with Crippen molar-refractivity contribution in [2.24, 2.45) is 0 Å². The Balaban J connectivity index is 1.55. The van der Waals surface area contributed by atoms with E-state index in [-0.39, 0.29) is 6.54 Å². The molecular weight excluding hydrogens is 314 g/mol. The Kier molecular flexibility index (Phi) is 4.40. The summed E-state index contributed by atoms with van der Waals surface area (Å²) in [4.78, 5) is 26.7. The van der Waals surface area contributed by atoms with Crippen LogP contribution in [-0.4, -0.2) is 28.4 Å². The molecule has 6 nitrogen and oxygen atoms in total. The maximum atomic E-state index is 11.9. The number of nitrogens with one attached hydrogen (secondary N) is 3. The SMILES string of the molecule is O=C(NCC(O)c1ccsc1)C(=O)Nc1ccc2[nH]ccc2c1. The third-order valence-corrected chi connectivity index (χ3v) is 4.10. The van der Waals surface area contributed by atoms with Crippen LogP contribution in [0, 0.1) is 0 Å². The minimum absolute atomic E-state index is 0.0141. The van der Waals surface area contributed by atoms with Gasteiger partial charge in [-0.15, -0.1) is 0 Å². The molecule has 1 atom stereocenters. The van der Waals surface area contributed by atoms with Gasteiger partial charge >= 0.3 is 11.8 Å². The van der Waals surface area contributed by atoms with Crippen LogP contribution in [0.15, 0.2) is 47.3 Å². The number of amides is 2. The molecule has 118 valence electrons. The average molecular weight is 329 g/mol. The van der Waals surface area contributed by atoms with E-state index in [4.69, 9.17) is 0 Å². The van der Waals surface area contributed by atoms with E-state index < -0.39 is 17.9 Å². The van der Waals surface area contributed by atoms with Gasteiger partial charge in [-0.05, 0) is 46.7 Å². The topological polar surface area (TPSA) is 94.2 Å². The predicted molar refractivity (Wildman–Crippen MR) is 89.2 cm³/mol. The summed E-state index contributed by atoms with van der Waals surface area (Å²) in [5, 5.41) is 19.4. The molecule has 3 rings (SSSR count). The first kappa shape index (κ1) is 15.3. The van der Waals surface area contributed by atoms with Crippen molar-refractivity contribution < 1.29 is 14.7 Å². The monoisotopic (exact) mass is 329 g/mol. The zero-order valence-electron chi connectivity index (χ0n) is 12.1. The van der Waals surface area contributed by atoms with E-state index in [1.807, 2.05) is 17.5 Å². The molecule has 0 aliphatic rings. The van der Waals surface area contributed by atoms with Crippen molar-refractivity contribution in [1.82, 2.24) is 10.3 Å². The summed E-state index contributed by atoms with van der Waals surface area (Å²) in [5.41, 5.74) is 2.20. The molecule has 2 aromatic heterocycles. The van der Waals surface area contributed by atoms with Crippen molar-refractivity contribution in [3.05, 3.63) is 52.9 Å². The van der Waals surface area contributed by atoms with Gasteiger partial charge < -0.3 is 20.7 Å². The molecular formula is C16H15N3O3S. The highest BCUT2D eigenvalue weighted by molar-refractivity contribution is 7.07. The van der Waals surface area contributed by atoms with Crippen LogP contribution >= 0.6 is 11.3 Å². The van der Waals surface area contributed by atoms with Crippen molar-refractivity contribution in [2.75, 3.05) is 11.9 Å². The summed E-state index contributed by atoms with van der Waals surface area (Å²) >= 11 is 1.46. The summed E-state index contributed by atoms with van der Waals surface area (Å²) in [6.45, 7) is -0.0141. The zero-order valence-corrected chi connectivity index (χ0v) is 12.9. The highest BCUT2D eigenvalue weighted by Crippen LogP contribution is 2.18. The molecule has 0 spiro atoms. The molecule has 2 amide bonds. The number of aliphatic hydroxyl groups is 1. The van der Waals surface area contributed by atoms with Crippen LogP contribution in [0.4, 0.5) is 5.69 Å². The Morgan fingerprint density at radius 1 is 1.22 bits per heavy atom. The number of thiophene rings is 1. The highest BCUT2D eigenvalue weighted by atomic mass is 32.1. The van der Waals surface area contributed by atoms with E-state index in [0.717, 1.165) is 10.9 Å². The maximum absolute atomic E-state index is 11.9. The lowest BCUT2D eigenvalue weighted by atomic mass is 10.2. The Labute approximate surface area is 136 Å². The van der Waals surface area contributed by atoms with Crippen molar-refractivity contribution in [1.29, 1.82) is 0 Å². The average Bonchev–Trinajstić information content (AvgIpc) is 3.22. The van der Waals surface area contributed by atoms with Crippen molar-refractivity contribution >= 4 is 39.7 Å². The normalized spacial score (nSPS) is 12.0. The van der Waals surface area contributed by atoms with Crippen LogP contribution in [0.2, 0.25) is 0 Å². The van der Waals surface area contributed by atoms with Crippen LogP contribution in [-0.2, 0) is 9.59 Å². The fourth-order valence-electron chi connectivity index (χ4n) is 2.17. The molecule has 4 N–H and O–H groups in total. The summed E-state index contributed by atoms with van der Waals surface area (Å²) in [6, 6.07) is 8.96. The van der Waals surface area contributed by atoms with Crippen LogP contribution in [0.5, 0.6) is 0 Å². The lowest BCUT2D eigenvalue weighted by Crippen LogP contribution is -2.37. The van der Waals surface area contributed by atoms with Gasteiger partial charge in [0.15, 0.2) is 0 Å². The Morgan fingerprint density at radius 3 is 2.87 bits per heavy atom. The maximum Gasteiger partial charge on any atom is 0.313 e. The number of anilines is 1. The van der Waals surface area contributed by atoms with Gasteiger partial charge in [-0.25, -0.2) is 0 Å². The number of carbonyl (C=O) groups excluding carboxylic acids is 2. The van der Waals surface area contributed by atoms with Gasteiger partial charge in [-0.1, -0.05) is 0 Å². The van der Waals surface area contributed by atoms with E-state index in [1.54, 1.807) is 29.8 Å². The molecule has 0 aliphatic carbocycles. The zero-order chi connectivity index (χ0) is 16.2. The molecule has 7 heteroatoms. The van der Waals surface area contributed by atoms with E-state index in [1.165, 1.54) is 11.3 Å². The van der Waals surface area contributed by atoms with Crippen LogP contribution in [0.1, 0.15) is 11.7 Å². The Morgan fingerprint density at radius 2 is 2.09 bits per heavy atom. The smallest absolute Gasteiger partial charge is 0.313 e. The molecule has 23 heavy (non-hydrogen) atoms. The number of aromatic nitrogens is 1. The summed E-state index contributed by atoms with van der Waals surface area (Å²) < 4.78 is 0. The van der Waals surface area contributed by atoms with Crippen molar-refractivity contribution in [3.63, 3.8) is 0 Å². The van der Waals surface area contributed by atoms with E-state index >= 15 is 0 Å². The molecule has 0 saturated heterocycles. The van der Waals surface area contributed by atoms with Crippen molar-refractivity contribution in [3.8, 4) is 0 Å². The minimum Gasteiger partial charge on any atom is -0.387 e. The predicted octanol–water partition coefficient (Wildman–Crippen LogP) is 2.02. The number of carbonyl (C=O) groups is 2. The molecule has 0 fully saturated rings. The first-order chi connectivity index (χ1) is 11.1. The Bertz CT molecular complexity index is 826. The highest BCUT2D eigenvalue weighted by Gasteiger charge is 2.16. The first-order valence-electron chi connectivity index (χ1n) is 7.00. The second-order valence-electron chi connectivity index (χ2n) is 5.02. The second-order valence-corrected chi connectivity index (χ2v) is 5.80. The van der Waals surface area contributed by atoms with E-state index in [2.05, 4.69) is 15.6 Å². The standard InChI is InChI=1S/C16H15N3O3S/c20-14(11-4-6-23-9-11)8-18-15(21)16(22)19-12-1-2-13-10(7-12)3-5-17-13/h1-7,9,14,17,20H,8H2,(H,18,21)(H,19,22). The van der Waals surface area contributed by atoms with Crippen molar-refractivity contribution in [2.45, 2.75) is 6.10 Å². The van der Waals surface area contributed by atoms with E-state index in [9.17, 15) is 14.7 Å². The van der Waals surface area contributed by atoms with Crippen LogP contribution in [0.3, 0.4) is 0 Å². The van der Waals surface area contributed by atoms with Gasteiger partial charge in [0, 0.05) is 29.3 Å². The summed E-state index contributed by atoms with van der Waals surface area (Å²) in [7, 11) is 0. The number of hydrogen-bond donors (Lipinski definition) is 4. The Hall–Kier alpha value is -2.64. The fourth-order valence-corrected chi connectivity index (χ4v) is 2.88. The number of hydrogen-bond acceptors (Lipinski definition) is 4.